The van der Waals surface area contributed by atoms with Crippen LogP contribution in [0.5, 0.6) is 0 Å². The van der Waals surface area contributed by atoms with Crippen molar-refractivity contribution in [2.75, 3.05) is 13.1 Å². The first-order valence-corrected chi connectivity index (χ1v) is 8.42. The van der Waals surface area contributed by atoms with E-state index in [0.717, 1.165) is 6.42 Å². The van der Waals surface area contributed by atoms with Crippen molar-refractivity contribution in [3.05, 3.63) is 0 Å². The standard InChI is InChI=1S/C15H28N6O6/c1-8(15(26)27)20-14(25)10(6-11(18)22)21-12(23)7-19-13(24)9(17)4-2-3-5-16/h8-10H,2-7,16-17H2,1H3,(H2,18,22)(H,19,24)(H,20,25)(H,21,23)(H,26,27). The van der Waals surface area contributed by atoms with Gasteiger partial charge in [-0.1, -0.05) is 6.42 Å². The van der Waals surface area contributed by atoms with Crippen LogP contribution < -0.4 is 33.2 Å². The third-order valence-electron chi connectivity index (χ3n) is 3.52. The molecule has 0 aromatic rings. The molecule has 0 radical (unpaired) electrons. The minimum Gasteiger partial charge on any atom is -0.480 e. The Kier molecular flexibility index (Phi) is 11.3. The Morgan fingerprint density at radius 1 is 1.04 bits per heavy atom. The highest BCUT2D eigenvalue weighted by Crippen LogP contribution is 1.98. The third kappa shape index (κ3) is 10.8. The molecule has 0 aromatic heterocycles. The molecular weight excluding hydrogens is 360 g/mol. The van der Waals surface area contributed by atoms with Crippen LogP contribution in [-0.4, -0.2) is 65.9 Å². The number of nitrogens with one attached hydrogen (secondary N) is 3. The highest BCUT2D eigenvalue weighted by molar-refractivity contribution is 5.94. The third-order valence-corrected chi connectivity index (χ3v) is 3.52. The second kappa shape index (κ2) is 12.6. The van der Waals surface area contributed by atoms with E-state index >= 15 is 0 Å². The molecule has 27 heavy (non-hydrogen) atoms. The van der Waals surface area contributed by atoms with Gasteiger partial charge in [-0.25, -0.2) is 0 Å². The molecule has 0 aliphatic heterocycles. The topological polar surface area (TPSA) is 220 Å². The SMILES string of the molecule is CC(NC(=O)C(CC(N)=O)NC(=O)CNC(=O)C(N)CCCCN)C(=O)O. The van der Waals surface area contributed by atoms with Crippen LogP contribution in [0.2, 0.25) is 0 Å². The molecule has 0 fully saturated rings. The van der Waals surface area contributed by atoms with E-state index in [9.17, 15) is 24.0 Å². The van der Waals surface area contributed by atoms with Gasteiger partial charge in [0.15, 0.2) is 0 Å². The van der Waals surface area contributed by atoms with Gasteiger partial charge in [0.25, 0.3) is 0 Å². The van der Waals surface area contributed by atoms with E-state index in [-0.39, 0.29) is 0 Å². The number of carboxylic acids is 1. The van der Waals surface area contributed by atoms with Crippen molar-refractivity contribution in [2.45, 2.75) is 50.7 Å². The van der Waals surface area contributed by atoms with Crippen LogP contribution >= 0.6 is 0 Å². The molecule has 0 bridgehead atoms. The number of primary amides is 1. The number of hydrogen-bond acceptors (Lipinski definition) is 7. The van der Waals surface area contributed by atoms with Crippen molar-refractivity contribution in [3.8, 4) is 0 Å². The number of amides is 4. The maximum atomic E-state index is 12.0. The zero-order valence-corrected chi connectivity index (χ0v) is 15.2. The maximum Gasteiger partial charge on any atom is 0.325 e. The summed E-state index contributed by atoms with van der Waals surface area (Å²) in [7, 11) is 0. The van der Waals surface area contributed by atoms with E-state index in [2.05, 4.69) is 16.0 Å². The molecule has 12 nitrogen and oxygen atoms in total. The molecule has 154 valence electrons. The lowest BCUT2D eigenvalue weighted by molar-refractivity contribution is -0.141. The summed E-state index contributed by atoms with van der Waals surface area (Å²) in [6.45, 7) is 1.23. The fourth-order valence-electron chi connectivity index (χ4n) is 1.97. The Morgan fingerprint density at radius 3 is 2.19 bits per heavy atom. The average molecular weight is 388 g/mol. The Labute approximate surface area is 156 Å². The molecule has 4 amide bonds. The molecule has 0 saturated heterocycles. The minimum absolute atomic E-state index is 0.407. The fraction of sp³-hybridized carbons (Fsp3) is 0.667. The molecular formula is C15H28N6O6. The molecule has 0 saturated carbocycles. The summed E-state index contributed by atoms with van der Waals surface area (Å²) < 4.78 is 0. The van der Waals surface area contributed by atoms with Gasteiger partial charge in [0.05, 0.1) is 19.0 Å². The summed E-state index contributed by atoms with van der Waals surface area (Å²) in [5, 5.41) is 15.5. The van der Waals surface area contributed by atoms with Crippen LogP contribution in [0.1, 0.15) is 32.6 Å². The van der Waals surface area contributed by atoms with Gasteiger partial charge < -0.3 is 38.3 Å². The van der Waals surface area contributed by atoms with Crippen LogP contribution in [0.3, 0.4) is 0 Å². The van der Waals surface area contributed by atoms with E-state index in [1.807, 2.05) is 0 Å². The van der Waals surface area contributed by atoms with E-state index in [1.165, 1.54) is 6.92 Å². The molecule has 3 unspecified atom stereocenters. The second-order valence-corrected chi connectivity index (χ2v) is 5.97. The maximum absolute atomic E-state index is 12.0. The van der Waals surface area contributed by atoms with E-state index in [4.69, 9.17) is 22.3 Å². The number of nitrogens with two attached hydrogens (primary N) is 3. The Hall–Kier alpha value is -2.73. The van der Waals surface area contributed by atoms with Crippen molar-refractivity contribution in [1.29, 1.82) is 0 Å². The monoisotopic (exact) mass is 388 g/mol. The zero-order valence-electron chi connectivity index (χ0n) is 15.2. The van der Waals surface area contributed by atoms with Gasteiger partial charge in [0, 0.05) is 0 Å². The zero-order chi connectivity index (χ0) is 21.0. The minimum atomic E-state index is -1.37. The number of rotatable bonds is 13. The molecule has 0 spiro atoms. The van der Waals surface area contributed by atoms with Crippen LogP contribution in [0.4, 0.5) is 0 Å². The van der Waals surface area contributed by atoms with Crippen LogP contribution in [0.25, 0.3) is 0 Å². The molecule has 12 heteroatoms. The number of carbonyl (C=O) groups excluding carboxylic acids is 4. The quantitative estimate of drug-likeness (QED) is 0.156. The van der Waals surface area contributed by atoms with Crippen LogP contribution in [0, 0.1) is 0 Å². The first kappa shape index (κ1) is 24.3. The lowest BCUT2D eigenvalue weighted by Crippen LogP contribution is -2.54. The summed E-state index contributed by atoms with van der Waals surface area (Å²) >= 11 is 0. The molecule has 0 rings (SSSR count). The van der Waals surface area contributed by atoms with Crippen molar-refractivity contribution in [3.63, 3.8) is 0 Å². The number of carbonyl (C=O) groups is 5. The largest absolute Gasteiger partial charge is 0.480 e. The van der Waals surface area contributed by atoms with Crippen molar-refractivity contribution in [2.24, 2.45) is 17.2 Å². The normalized spacial score (nSPS) is 13.7. The Morgan fingerprint density at radius 2 is 1.67 bits per heavy atom. The summed E-state index contributed by atoms with van der Waals surface area (Å²) in [5.74, 6) is -4.35. The molecule has 10 N–H and O–H groups in total. The lowest BCUT2D eigenvalue weighted by Gasteiger charge is -2.19. The molecule has 0 aliphatic rings. The Bertz CT molecular complexity index is 555. The average Bonchev–Trinajstić information content (AvgIpc) is 2.58. The van der Waals surface area contributed by atoms with Gasteiger partial charge in [-0.2, -0.15) is 0 Å². The van der Waals surface area contributed by atoms with E-state index in [1.54, 1.807) is 0 Å². The predicted molar refractivity (Wildman–Crippen MR) is 94.9 cm³/mol. The van der Waals surface area contributed by atoms with Crippen LogP contribution in [0.15, 0.2) is 0 Å². The highest BCUT2D eigenvalue weighted by Gasteiger charge is 2.26. The van der Waals surface area contributed by atoms with Gasteiger partial charge in [0.2, 0.25) is 23.6 Å². The first-order valence-electron chi connectivity index (χ1n) is 8.42. The predicted octanol–water partition coefficient (Wildman–Crippen LogP) is -3.49. The lowest BCUT2D eigenvalue weighted by atomic mass is 10.1. The number of unbranched alkanes of at least 4 members (excludes halogenated alkanes) is 1. The molecule has 3 atom stereocenters. The smallest absolute Gasteiger partial charge is 0.325 e. The fourth-order valence-corrected chi connectivity index (χ4v) is 1.97. The number of aliphatic carboxylic acids is 1. The van der Waals surface area contributed by atoms with Crippen molar-refractivity contribution in [1.82, 2.24) is 16.0 Å². The van der Waals surface area contributed by atoms with Gasteiger partial charge in [-0.3, -0.25) is 24.0 Å². The van der Waals surface area contributed by atoms with Gasteiger partial charge in [0.1, 0.15) is 12.1 Å². The van der Waals surface area contributed by atoms with Gasteiger partial charge >= 0.3 is 5.97 Å². The second-order valence-electron chi connectivity index (χ2n) is 5.97. The molecule has 0 heterocycles. The van der Waals surface area contributed by atoms with Crippen molar-refractivity contribution < 1.29 is 29.1 Å². The first-order chi connectivity index (χ1) is 12.6. The summed E-state index contributed by atoms with van der Waals surface area (Å²) in [6, 6.07) is -3.39. The van der Waals surface area contributed by atoms with E-state index in [0.29, 0.717) is 19.4 Å². The summed E-state index contributed by atoms with van der Waals surface area (Å²) in [4.78, 5) is 57.6. The number of hydrogen-bond donors (Lipinski definition) is 7. The van der Waals surface area contributed by atoms with E-state index < -0.39 is 60.7 Å². The van der Waals surface area contributed by atoms with Crippen molar-refractivity contribution >= 4 is 29.6 Å². The molecule has 0 aliphatic carbocycles. The van der Waals surface area contributed by atoms with Gasteiger partial charge in [-0.05, 0) is 26.3 Å². The summed E-state index contributed by atoms with van der Waals surface area (Å²) in [5.41, 5.74) is 16.1. The molecule has 0 aromatic carbocycles. The van der Waals surface area contributed by atoms with Crippen LogP contribution in [-0.2, 0) is 24.0 Å². The number of carboxylic acid groups (broad SMARTS) is 1. The van der Waals surface area contributed by atoms with Gasteiger partial charge in [-0.15, -0.1) is 0 Å². The summed E-state index contributed by atoms with van der Waals surface area (Å²) in [6.07, 6.45) is 1.26. The highest BCUT2D eigenvalue weighted by atomic mass is 16.4. The Balaban J connectivity index is 4.59.